The van der Waals surface area contributed by atoms with Crippen LogP contribution in [0.5, 0.6) is 46.0 Å². The zero-order valence-electron chi connectivity index (χ0n) is 60.1. The SMILES string of the molecule is CCCCCc1c(C/C=C(\C)CCC=C(C)C)c(O)cc(O)c1C(=O)OC.CCCCCc1cc(O)c(C/C=C(\C)CCC=C(C)C)c(O)c1.CCCCCc1cc(O)c(C/C=C(\C)CCC=C(C)C)c(O)c1C(=O)OC.CCCCCc1cc(O)cc(O)c1C(=O)OC. The van der Waals surface area contributed by atoms with Gasteiger partial charge in [-0.1, -0.05) is 149 Å². The quantitative estimate of drug-likeness (QED) is 0.00940. The number of aromatic hydroxyl groups is 8. The molecule has 0 heterocycles. The second kappa shape index (κ2) is 47.1. The van der Waals surface area contributed by atoms with E-state index in [1.807, 2.05) is 13.0 Å². The maximum absolute atomic E-state index is 12.2. The molecular formula is C80H118O14. The highest BCUT2D eigenvalue weighted by molar-refractivity contribution is 5.96. The molecule has 0 atom stereocenters. The summed E-state index contributed by atoms with van der Waals surface area (Å²) in [7, 11) is 3.87. The first-order valence-corrected chi connectivity index (χ1v) is 34.0. The lowest BCUT2D eigenvalue weighted by Gasteiger charge is -2.16. The molecule has 0 spiro atoms. The maximum Gasteiger partial charge on any atom is 0.341 e. The second-order valence-electron chi connectivity index (χ2n) is 25.1. The lowest BCUT2D eigenvalue weighted by atomic mass is 9.91. The van der Waals surface area contributed by atoms with E-state index in [4.69, 9.17) is 9.47 Å². The van der Waals surface area contributed by atoms with E-state index >= 15 is 0 Å². The van der Waals surface area contributed by atoms with Crippen LogP contribution in [0.3, 0.4) is 0 Å². The van der Waals surface area contributed by atoms with Crippen LogP contribution in [-0.2, 0) is 59.2 Å². The number of phenolic OH excluding ortho intramolecular Hbond substituents is 8. The third-order valence-electron chi connectivity index (χ3n) is 16.0. The fraction of sp³-hybridized carbons (Fsp3) is 0.512. The minimum Gasteiger partial charge on any atom is -0.508 e. The van der Waals surface area contributed by atoms with E-state index in [-0.39, 0.29) is 62.7 Å². The van der Waals surface area contributed by atoms with E-state index in [2.05, 4.69) is 118 Å². The molecule has 14 heteroatoms. The zero-order valence-corrected chi connectivity index (χ0v) is 60.1. The maximum atomic E-state index is 12.2. The molecule has 0 unspecified atom stereocenters. The molecule has 0 amide bonds. The lowest BCUT2D eigenvalue weighted by Crippen LogP contribution is -2.09. The van der Waals surface area contributed by atoms with Crippen LogP contribution in [0.1, 0.15) is 276 Å². The molecule has 0 radical (unpaired) electrons. The molecule has 14 nitrogen and oxygen atoms in total. The number of esters is 3. The minimum absolute atomic E-state index is 0.0278. The average molecular weight is 1300 g/mol. The first kappa shape index (κ1) is 84.1. The highest BCUT2D eigenvalue weighted by Gasteiger charge is 2.25. The van der Waals surface area contributed by atoms with Gasteiger partial charge in [0.25, 0.3) is 0 Å². The van der Waals surface area contributed by atoms with Crippen molar-refractivity contribution >= 4 is 17.9 Å². The molecule has 0 saturated heterocycles. The van der Waals surface area contributed by atoms with Gasteiger partial charge in [-0.3, -0.25) is 0 Å². The second-order valence-corrected chi connectivity index (χ2v) is 25.1. The Balaban J connectivity index is 0.000000635. The van der Waals surface area contributed by atoms with Crippen LogP contribution in [0.15, 0.2) is 106 Å². The monoisotopic (exact) mass is 1300 g/mol. The van der Waals surface area contributed by atoms with Crippen molar-refractivity contribution in [2.45, 2.75) is 251 Å². The number of ether oxygens (including phenoxy) is 3. The van der Waals surface area contributed by atoms with Gasteiger partial charge >= 0.3 is 17.9 Å². The Morgan fingerprint density at radius 2 is 0.702 bits per heavy atom. The van der Waals surface area contributed by atoms with Crippen molar-refractivity contribution in [2.24, 2.45) is 0 Å². The molecule has 0 aliphatic rings. The first-order valence-electron chi connectivity index (χ1n) is 34.0. The van der Waals surface area contributed by atoms with Gasteiger partial charge in [0.2, 0.25) is 0 Å². The number of methoxy groups -OCH3 is 3. The third-order valence-corrected chi connectivity index (χ3v) is 16.0. The van der Waals surface area contributed by atoms with Crippen molar-refractivity contribution in [3.63, 3.8) is 0 Å². The fourth-order valence-electron chi connectivity index (χ4n) is 10.5. The van der Waals surface area contributed by atoms with Crippen LogP contribution >= 0.6 is 0 Å². The Bertz CT molecular complexity index is 3140. The van der Waals surface area contributed by atoms with E-state index in [0.717, 1.165) is 121 Å². The molecule has 0 aliphatic heterocycles. The number of aryl methyl sites for hydroxylation is 3. The Kier molecular flexibility index (Phi) is 42.1. The van der Waals surface area contributed by atoms with E-state index < -0.39 is 17.9 Å². The zero-order chi connectivity index (χ0) is 70.9. The Morgan fingerprint density at radius 1 is 0.351 bits per heavy atom. The molecule has 4 aromatic carbocycles. The van der Waals surface area contributed by atoms with Crippen LogP contribution in [0.4, 0.5) is 0 Å². The Labute approximate surface area is 564 Å². The normalized spacial score (nSPS) is 11.2. The number of phenols is 8. The van der Waals surface area contributed by atoms with Crippen molar-refractivity contribution in [3.05, 3.63) is 162 Å². The summed E-state index contributed by atoms with van der Waals surface area (Å²) >= 11 is 0. The van der Waals surface area contributed by atoms with Gasteiger partial charge in [-0.15, -0.1) is 0 Å². The van der Waals surface area contributed by atoms with Gasteiger partial charge in [0.15, 0.2) is 0 Å². The molecule has 522 valence electrons. The van der Waals surface area contributed by atoms with E-state index in [1.54, 1.807) is 18.2 Å². The largest absolute Gasteiger partial charge is 0.508 e. The first-order chi connectivity index (χ1) is 44.7. The number of carbonyl (C=O) groups is 3. The number of unbranched alkanes of at least 4 members (excludes halogenated alkanes) is 8. The Hall–Kier alpha value is -7.87. The lowest BCUT2D eigenvalue weighted by molar-refractivity contribution is 0.0586. The third kappa shape index (κ3) is 31.8. The van der Waals surface area contributed by atoms with Crippen molar-refractivity contribution < 1.29 is 69.4 Å². The van der Waals surface area contributed by atoms with E-state index in [0.29, 0.717) is 71.9 Å². The van der Waals surface area contributed by atoms with Crippen molar-refractivity contribution in [3.8, 4) is 46.0 Å². The van der Waals surface area contributed by atoms with Crippen molar-refractivity contribution in [1.29, 1.82) is 0 Å². The number of hydrogen-bond donors (Lipinski definition) is 8. The summed E-state index contributed by atoms with van der Waals surface area (Å²) in [5.74, 6) is -1.89. The smallest absolute Gasteiger partial charge is 0.341 e. The number of benzene rings is 4. The summed E-state index contributed by atoms with van der Waals surface area (Å²) in [5.41, 5.74) is 12.8. The van der Waals surface area contributed by atoms with Gasteiger partial charge in [-0.2, -0.15) is 0 Å². The topological polar surface area (TPSA) is 241 Å². The Morgan fingerprint density at radius 3 is 1.13 bits per heavy atom. The molecular weight excluding hydrogens is 1180 g/mol. The molecule has 8 N–H and O–H groups in total. The molecule has 0 aromatic heterocycles. The van der Waals surface area contributed by atoms with Gasteiger partial charge in [-0.25, -0.2) is 14.4 Å². The molecule has 0 bridgehead atoms. The molecule has 4 rings (SSSR count). The minimum atomic E-state index is -0.575. The van der Waals surface area contributed by atoms with E-state index in [9.17, 15) is 55.2 Å². The van der Waals surface area contributed by atoms with Crippen LogP contribution in [0.25, 0.3) is 0 Å². The number of hydrogen-bond acceptors (Lipinski definition) is 14. The van der Waals surface area contributed by atoms with Gasteiger partial charge in [0.05, 0.1) is 21.3 Å². The van der Waals surface area contributed by atoms with Crippen LogP contribution < -0.4 is 0 Å². The predicted octanol–water partition coefficient (Wildman–Crippen LogP) is 20.4. The summed E-state index contributed by atoms with van der Waals surface area (Å²) < 4.78 is 14.3. The summed E-state index contributed by atoms with van der Waals surface area (Å²) in [6, 6.07) is 9.10. The highest BCUT2D eigenvalue weighted by atomic mass is 16.5. The van der Waals surface area contributed by atoms with Crippen molar-refractivity contribution in [2.75, 3.05) is 21.3 Å². The van der Waals surface area contributed by atoms with Gasteiger partial charge in [0, 0.05) is 28.8 Å². The molecule has 4 aromatic rings. The molecule has 94 heavy (non-hydrogen) atoms. The number of allylic oxidation sites excluding steroid dienone is 12. The number of rotatable bonds is 34. The van der Waals surface area contributed by atoms with Gasteiger partial charge in [0.1, 0.15) is 62.7 Å². The van der Waals surface area contributed by atoms with Crippen LogP contribution in [0.2, 0.25) is 0 Å². The number of carbonyl (C=O) groups excluding carboxylic acids is 3. The van der Waals surface area contributed by atoms with E-state index in [1.165, 1.54) is 79.7 Å². The molecule has 0 aliphatic carbocycles. The molecule has 0 saturated carbocycles. The summed E-state index contributed by atoms with van der Waals surface area (Å²) in [6.45, 7) is 27.2. The summed E-state index contributed by atoms with van der Waals surface area (Å²) in [5, 5.41) is 81.2. The van der Waals surface area contributed by atoms with Crippen molar-refractivity contribution in [1.82, 2.24) is 0 Å². The van der Waals surface area contributed by atoms with Gasteiger partial charge in [-0.05, 0) is 218 Å². The van der Waals surface area contributed by atoms with Crippen LogP contribution in [-0.4, -0.2) is 80.1 Å². The fourth-order valence-corrected chi connectivity index (χ4v) is 10.5. The molecule has 0 fully saturated rings. The predicted molar refractivity (Wildman–Crippen MR) is 384 cm³/mol. The summed E-state index contributed by atoms with van der Waals surface area (Å²) in [6.07, 6.45) is 35.4. The highest BCUT2D eigenvalue weighted by Crippen LogP contribution is 2.38. The van der Waals surface area contributed by atoms with Gasteiger partial charge < -0.3 is 55.1 Å². The van der Waals surface area contributed by atoms with Crippen LogP contribution in [0, 0.1) is 0 Å². The summed E-state index contributed by atoms with van der Waals surface area (Å²) in [4.78, 5) is 36.0. The standard InChI is InChI=1S/2C23H34O4.C21H32O2.C13H18O4/c1-6-7-8-12-19-18(14-13-17(4)11-9-10-16(2)3)20(24)15-21(25)22(19)23(26)27-5;1-6-7-8-12-18-15-20(24)19(22(25)21(18)23(26)27-5)14-13-17(4)11-9-10-16(2)3;1-5-6-7-11-18-14-20(22)19(21(23)15-18)13-12-17(4)10-8-9-16(2)3;1-3-4-5-6-9-7-10(14)8-11(15)12(9)13(16)17-2/h2*10,13,15,24-25H,6-9,11-12,14H2,1-5H3;9,12,14-15,22-23H,5-8,10-11,13H2,1-4H3;7-8,14-15H,3-6H2,1-2H3/b2*17-13+;17-12+;. The average Bonchev–Trinajstić information content (AvgIpc) is 0.810.